The van der Waals surface area contributed by atoms with E-state index in [-0.39, 0.29) is 6.03 Å². The van der Waals surface area contributed by atoms with E-state index in [9.17, 15) is 4.79 Å². The first-order valence-electron chi connectivity index (χ1n) is 4.65. The Bertz CT molecular complexity index is 307. The minimum Gasteiger partial charge on any atom is -0.325 e. The molecule has 0 bridgehead atoms. The number of carbonyl (C=O) groups is 1. The van der Waals surface area contributed by atoms with Crippen LogP contribution in [0.2, 0.25) is 0 Å². The second-order valence-corrected chi connectivity index (χ2v) is 4.11. The zero-order valence-corrected chi connectivity index (χ0v) is 9.52. The van der Waals surface area contributed by atoms with Crippen LogP contribution in [0.3, 0.4) is 0 Å². The number of rotatable bonds is 3. The molecule has 4 nitrogen and oxygen atoms in total. The predicted octanol–water partition coefficient (Wildman–Crippen LogP) is 2.33. The third-order valence-electron chi connectivity index (χ3n) is 1.89. The van der Waals surface area contributed by atoms with Crippen molar-refractivity contribution in [2.24, 2.45) is 0 Å². The third-order valence-corrected chi connectivity index (χ3v) is 2.71. The fourth-order valence-corrected chi connectivity index (χ4v) is 1.75. The van der Waals surface area contributed by atoms with Crippen LogP contribution in [0.5, 0.6) is 0 Å². The summed E-state index contributed by atoms with van der Waals surface area (Å²) in [6.45, 7) is 7.30. The van der Waals surface area contributed by atoms with E-state index in [1.54, 1.807) is 11.1 Å². The van der Waals surface area contributed by atoms with Gasteiger partial charge < -0.3 is 4.90 Å². The minimum absolute atomic E-state index is 0.0793. The second kappa shape index (κ2) is 4.95. The van der Waals surface area contributed by atoms with Gasteiger partial charge in [-0.3, -0.25) is 5.32 Å². The van der Waals surface area contributed by atoms with Gasteiger partial charge in [-0.15, -0.1) is 11.3 Å². The fourth-order valence-electron chi connectivity index (χ4n) is 1.09. The molecule has 78 valence electrons. The molecule has 0 aromatic carbocycles. The number of aryl methyl sites for hydroxylation is 1. The number of nitrogens with zero attached hydrogens (tertiary/aromatic N) is 2. The molecule has 0 aliphatic carbocycles. The summed E-state index contributed by atoms with van der Waals surface area (Å²) in [7, 11) is 0. The summed E-state index contributed by atoms with van der Waals surface area (Å²) in [6.07, 6.45) is 1.75. The highest BCUT2D eigenvalue weighted by Crippen LogP contribution is 2.16. The van der Waals surface area contributed by atoms with Crippen LogP contribution in [0.4, 0.5) is 9.93 Å². The largest absolute Gasteiger partial charge is 0.325 e. The molecule has 5 heteroatoms. The molecule has 0 spiro atoms. The van der Waals surface area contributed by atoms with Gasteiger partial charge in [-0.1, -0.05) is 0 Å². The number of hydrogen-bond acceptors (Lipinski definition) is 3. The van der Waals surface area contributed by atoms with Gasteiger partial charge in [0.2, 0.25) is 0 Å². The Balaban J connectivity index is 2.56. The van der Waals surface area contributed by atoms with Crippen molar-refractivity contribution in [3.63, 3.8) is 0 Å². The Hall–Kier alpha value is -1.10. The number of hydrogen-bond donors (Lipinski definition) is 1. The maximum Gasteiger partial charge on any atom is 0.323 e. The van der Waals surface area contributed by atoms with Crippen molar-refractivity contribution in [3.8, 4) is 0 Å². The van der Waals surface area contributed by atoms with Crippen LogP contribution in [-0.2, 0) is 0 Å². The van der Waals surface area contributed by atoms with Gasteiger partial charge >= 0.3 is 6.03 Å². The van der Waals surface area contributed by atoms with Crippen LogP contribution in [0, 0.1) is 6.92 Å². The quantitative estimate of drug-likeness (QED) is 0.837. The SMILES string of the molecule is CCN(CC)C(=O)Nc1ncc(C)s1. The van der Waals surface area contributed by atoms with Crippen molar-refractivity contribution in [2.75, 3.05) is 18.4 Å². The molecule has 0 aliphatic heterocycles. The molecule has 1 aromatic heterocycles. The summed E-state index contributed by atoms with van der Waals surface area (Å²) < 4.78 is 0. The van der Waals surface area contributed by atoms with Crippen molar-refractivity contribution >= 4 is 22.5 Å². The maximum absolute atomic E-state index is 11.6. The first kappa shape index (κ1) is 11.0. The molecule has 0 aliphatic rings. The second-order valence-electron chi connectivity index (χ2n) is 2.88. The Morgan fingerprint density at radius 3 is 2.64 bits per heavy atom. The number of anilines is 1. The Kier molecular flexibility index (Phi) is 3.88. The van der Waals surface area contributed by atoms with Gasteiger partial charge in [0.25, 0.3) is 0 Å². The van der Waals surface area contributed by atoms with E-state index in [1.165, 1.54) is 11.3 Å². The minimum atomic E-state index is -0.0793. The zero-order valence-electron chi connectivity index (χ0n) is 8.70. The van der Waals surface area contributed by atoms with Gasteiger partial charge in [-0.05, 0) is 20.8 Å². The van der Waals surface area contributed by atoms with Gasteiger partial charge in [-0.25, -0.2) is 9.78 Å². The van der Waals surface area contributed by atoms with Crippen molar-refractivity contribution in [1.82, 2.24) is 9.88 Å². The molecule has 14 heavy (non-hydrogen) atoms. The van der Waals surface area contributed by atoms with E-state index >= 15 is 0 Å². The summed E-state index contributed by atoms with van der Waals surface area (Å²) in [6, 6.07) is -0.0793. The summed E-state index contributed by atoms with van der Waals surface area (Å²) in [5, 5.41) is 3.43. The Morgan fingerprint density at radius 1 is 1.57 bits per heavy atom. The summed E-state index contributed by atoms with van der Waals surface area (Å²) in [4.78, 5) is 18.4. The van der Waals surface area contributed by atoms with Crippen molar-refractivity contribution in [2.45, 2.75) is 20.8 Å². The summed E-state index contributed by atoms with van der Waals surface area (Å²) in [5.74, 6) is 0. The Morgan fingerprint density at radius 2 is 2.21 bits per heavy atom. The van der Waals surface area contributed by atoms with E-state index in [2.05, 4.69) is 10.3 Å². The van der Waals surface area contributed by atoms with E-state index in [0.717, 1.165) is 4.88 Å². The van der Waals surface area contributed by atoms with Gasteiger partial charge in [0.05, 0.1) is 0 Å². The highest BCUT2D eigenvalue weighted by molar-refractivity contribution is 7.15. The third kappa shape index (κ3) is 2.70. The lowest BCUT2D eigenvalue weighted by Gasteiger charge is -2.17. The number of aromatic nitrogens is 1. The van der Waals surface area contributed by atoms with Crippen molar-refractivity contribution < 1.29 is 4.79 Å². The van der Waals surface area contributed by atoms with Crippen molar-refractivity contribution in [3.05, 3.63) is 11.1 Å². The molecule has 0 fully saturated rings. The van der Waals surface area contributed by atoms with Crippen molar-refractivity contribution in [1.29, 1.82) is 0 Å². The summed E-state index contributed by atoms with van der Waals surface area (Å²) >= 11 is 1.48. The normalized spacial score (nSPS) is 9.93. The molecular formula is C9H15N3OS. The molecule has 0 radical (unpaired) electrons. The molecule has 1 aromatic rings. The smallest absolute Gasteiger partial charge is 0.323 e. The van der Waals surface area contributed by atoms with Crippen LogP contribution in [0.15, 0.2) is 6.20 Å². The lowest BCUT2D eigenvalue weighted by molar-refractivity contribution is 0.217. The number of urea groups is 1. The first-order valence-corrected chi connectivity index (χ1v) is 5.47. The van der Waals surface area contributed by atoms with Crippen LogP contribution >= 0.6 is 11.3 Å². The molecule has 0 saturated carbocycles. The van der Waals surface area contributed by atoms with Crippen LogP contribution < -0.4 is 5.32 Å². The highest BCUT2D eigenvalue weighted by atomic mass is 32.1. The zero-order chi connectivity index (χ0) is 10.6. The fraction of sp³-hybridized carbons (Fsp3) is 0.556. The van der Waals surface area contributed by atoms with Crippen LogP contribution in [0.25, 0.3) is 0 Å². The summed E-state index contributed by atoms with van der Waals surface area (Å²) in [5.41, 5.74) is 0. The molecule has 1 heterocycles. The first-order chi connectivity index (χ1) is 6.67. The number of amides is 2. The highest BCUT2D eigenvalue weighted by Gasteiger charge is 2.10. The van der Waals surface area contributed by atoms with Gasteiger partial charge in [0.15, 0.2) is 5.13 Å². The lowest BCUT2D eigenvalue weighted by Crippen LogP contribution is -2.34. The average Bonchev–Trinajstić information content (AvgIpc) is 2.53. The molecule has 0 saturated heterocycles. The number of thiazole rings is 1. The lowest BCUT2D eigenvalue weighted by atomic mass is 10.5. The van der Waals surface area contributed by atoms with Gasteiger partial charge in [-0.2, -0.15) is 0 Å². The standard InChI is InChI=1S/C9H15N3OS/c1-4-12(5-2)9(13)11-8-10-6-7(3)14-8/h6H,4-5H2,1-3H3,(H,10,11,13). The maximum atomic E-state index is 11.6. The van der Waals surface area contributed by atoms with E-state index in [0.29, 0.717) is 18.2 Å². The Labute approximate surface area is 88.0 Å². The van der Waals surface area contributed by atoms with Gasteiger partial charge in [0, 0.05) is 24.2 Å². The monoisotopic (exact) mass is 213 g/mol. The predicted molar refractivity (Wildman–Crippen MR) is 58.8 cm³/mol. The van der Waals surface area contributed by atoms with Crippen LogP contribution in [0.1, 0.15) is 18.7 Å². The molecule has 0 unspecified atom stereocenters. The van der Waals surface area contributed by atoms with E-state index in [1.807, 2.05) is 20.8 Å². The number of nitrogens with one attached hydrogen (secondary N) is 1. The topological polar surface area (TPSA) is 45.2 Å². The van der Waals surface area contributed by atoms with E-state index < -0.39 is 0 Å². The van der Waals surface area contributed by atoms with E-state index in [4.69, 9.17) is 0 Å². The number of carbonyl (C=O) groups excluding carboxylic acids is 1. The molecule has 2 amide bonds. The molecule has 1 N–H and O–H groups in total. The average molecular weight is 213 g/mol. The molecular weight excluding hydrogens is 198 g/mol. The van der Waals surface area contributed by atoms with Gasteiger partial charge in [0.1, 0.15) is 0 Å². The molecule has 1 rings (SSSR count). The molecule has 0 atom stereocenters. The van der Waals surface area contributed by atoms with Crippen LogP contribution in [-0.4, -0.2) is 29.0 Å².